The van der Waals surface area contributed by atoms with Gasteiger partial charge in [0, 0.05) is 12.1 Å². The Morgan fingerprint density at radius 3 is 1.92 bits per heavy atom. The average Bonchev–Trinajstić information content (AvgIpc) is 2.60. The summed E-state index contributed by atoms with van der Waals surface area (Å²) in [5, 5.41) is 8.66. The third-order valence-electron chi connectivity index (χ3n) is 3.71. The minimum absolute atomic E-state index is 0.0535. The molecule has 26 heavy (non-hydrogen) atoms. The number of ether oxygens (including phenoxy) is 1. The third-order valence-corrected chi connectivity index (χ3v) is 3.71. The SMILES string of the molecule is N#Cc1c(F)cc(-c2c(F)cc(OCc3ccccc3)cc2F)cc1F. The van der Waals surface area contributed by atoms with Gasteiger partial charge in [-0.05, 0) is 23.3 Å². The molecule has 0 heterocycles. The summed E-state index contributed by atoms with van der Waals surface area (Å²) in [5.74, 6) is -4.49. The monoisotopic (exact) mass is 357 g/mol. The minimum Gasteiger partial charge on any atom is -0.489 e. The molecule has 0 bridgehead atoms. The van der Waals surface area contributed by atoms with Crippen LogP contribution >= 0.6 is 0 Å². The van der Waals surface area contributed by atoms with Crippen molar-refractivity contribution in [1.29, 1.82) is 5.26 Å². The van der Waals surface area contributed by atoms with Crippen LogP contribution in [0.2, 0.25) is 0 Å². The van der Waals surface area contributed by atoms with E-state index in [0.29, 0.717) is 12.1 Å². The van der Waals surface area contributed by atoms with Crippen LogP contribution in [-0.2, 0) is 6.61 Å². The summed E-state index contributed by atoms with van der Waals surface area (Å²) in [6, 6.07) is 13.7. The zero-order valence-electron chi connectivity index (χ0n) is 13.3. The molecule has 3 aromatic rings. The number of nitriles is 1. The Kier molecular flexibility index (Phi) is 4.90. The van der Waals surface area contributed by atoms with Gasteiger partial charge in [-0.25, -0.2) is 17.6 Å². The molecule has 0 radical (unpaired) electrons. The van der Waals surface area contributed by atoms with Gasteiger partial charge in [0.2, 0.25) is 0 Å². The summed E-state index contributed by atoms with van der Waals surface area (Å²) in [6.07, 6.45) is 0. The summed E-state index contributed by atoms with van der Waals surface area (Å²) in [4.78, 5) is 0. The van der Waals surface area contributed by atoms with E-state index < -0.39 is 34.4 Å². The van der Waals surface area contributed by atoms with Crippen molar-refractivity contribution in [3.05, 3.63) is 89.0 Å². The maximum atomic E-state index is 14.3. The van der Waals surface area contributed by atoms with Crippen molar-refractivity contribution in [3.8, 4) is 22.9 Å². The molecule has 0 atom stereocenters. The van der Waals surface area contributed by atoms with Crippen molar-refractivity contribution < 1.29 is 22.3 Å². The molecule has 0 fully saturated rings. The highest BCUT2D eigenvalue weighted by molar-refractivity contribution is 5.67. The number of nitrogens with zero attached hydrogens (tertiary/aromatic N) is 1. The van der Waals surface area contributed by atoms with Crippen molar-refractivity contribution in [2.24, 2.45) is 0 Å². The Morgan fingerprint density at radius 1 is 0.808 bits per heavy atom. The van der Waals surface area contributed by atoms with Gasteiger partial charge >= 0.3 is 0 Å². The zero-order chi connectivity index (χ0) is 18.7. The first-order valence-corrected chi connectivity index (χ1v) is 7.55. The summed E-state index contributed by atoms with van der Waals surface area (Å²) in [6.45, 7) is 0.110. The van der Waals surface area contributed by atoms with E-state index in [0.717, 1.165) is 17.7 Å². The Bertz CT molecular complexity index is 950. The first kappa shape index (κ1) is 17.5. The molecule has 0 unspecified atom stereocenters. The highest BCUT2D eigenvalue weighted by atomic mass is 19.1. The highest BCUT2D eigenvalue weighted by Crippen LogP contribution is 2.32. The first-order valence-electron chi connectivity index (χ1n) is 7.55. The van der Waals surface area contributed by atoms with E-state index in [1.54, 1.807) is 24.3 Å². The molecular formula is C20H11F4NO. The second kappa shape index (κ2) is 7.28. The number of halogens is 4. The lowest BCUT2D eigenvalue weighted by Crippen LogP contribution is -1.99. The van der Waals surface area contributed by atoms with Gasteiger partial charge in [0.15, 0.2) is 0 Å². The van der Waals surface area contributed by atoms with E-state index in [-0.39, 0.29) is 17.9 Å². The van der Waals surface area contributed by atoms with Gasteiger partial charge in [-0.2, -0.15) is 5.26 Å². The van der Waals surface area contributed by atoms with Crippen molar-refractivity contribution in [2.45, 2.75) is 6.61 Å². The summed E-state index contributed by atoms with van der Waals surface area (Å²) in [7, 11) is 0. The fourth-order valence-electron chi connectivity index (χ4n) is 2.47. The Hall–Kier alpha value is -3.33. The molecule has 0 N–H and O–H groups in total. The van der Waals surface area contributed by atoms with E-state index in [1.165, 1.54) is 6.07 Å². The molecule has 0 saturated carbocycles. The Labute approximate surface area is 146 Å². The zero-order valence-corrected chi connectivity index (χ0v) is 13.3. The molecule has 0 aromatic heterocycles. The fourth-order valence-corrected chi connectivity index (χ4v) is 2.47. The van der Waals surface area contributed by atoms with Crippen LogP contribution in [0.25, 0.3) is 11.1 Å². The normalized spacial score (nSPS) is 10.4. The topological polar surface area (TPSA) is 33.0 Å². The van der Waals surface area contributed by atoms with Crippen LogP contribution in [0.1, 0.15) is 11.1 Å². The number of hydrogen-bond acceptors (Lipinski definition) is 2. The van der Waals surface area contributed by atoms with Gasteiger partial charge < -0.3 is 4.74 Å². The second-order valence-electron chi connectivity index (χ2n) is 5.46. The molecule has 3 rings (SSSR count). The van der Waals surface area contributed by atoms with Crippen LogP contribution < -0.4 is 4.74 Å². The van der Waals surface area contributed by atoms with Crippen molar-refractivity contribution >= 4 is 0 Å². The molecule has 0 aliphatic rings. The van der Waals surface area contributed by atoms with Gasteiger partial charge in [0.05, 0.1) is 5.56 Å². The molecular weight excluding hydrogens is 346 g/mol. The van der Waals surface area contributed by atoms with Crippen LogP contribution in [0, 0.1) is 34.6 Å². The van der Waals surface area contributed by atoms with E-state index in [9.17, 15) is 17.6 Å². The molecule has 2 nitrogen and oxygen atoms in total. The van der Waals surface area contributed by atoms with Crippen molar-refractivity contribution in [2.75, 3.05) is 0 Å². The average molecular weight is 357 g/mol. The minimum atomic E-state index is -1.19. The predicted molar refractivity (Wildman–Crippen MR) is 87.2 cm³/mol. The molecule has 0 saturated heterocycles. The van der Waals surface area contributed by atoms with Gasteiger partial charge in [0.1, 0.15) is 47.3 Å². The smallest absolute Gasteiger partial charge is 0.144 e. The summed E-state index contributed by atoms with van der Waals surface area (Å²) >= 11 is 0. The van der Waals surface area contributed by atoms with Gasteiger partial charge in [-0.3, -0.25) is 0 Å². The van der Waals surface area contributed by atoms with Crippen molar-refractivity contribution in [3.63, 3.8) is 0 Å². The quantitative estimate of drug-likeness (QED) is 0.589. The largest absolute Gasteiger partial charge is 0.489 e. The molecule has 0 aliphatic heterocycles. The lowest BCUT2D eigenvalue weighted by atomic mass is 10.0. The van der Waals surface area contributed by atoms with Crippen molar-refractivity contribution in [1.82, 2.24) is 0 Å². The first-order chi connectivity index (χ1) is 12.5. The lowest BCUT2D eigenvalue weighted by Gasteiger charge is -2.11. The summed E-state index contributed by atoms with van der Waals surface area (Å²) < 4.78 is 61.5. The van der Waals surface area contributed by atoms with Gasteiger partial charge in [0.25, 0.3) is 0 Å². The van der Waals surface area contributed by atoms with E-state index in [1.807, 2.05) is 6.07 Å². The molecule has 0 spiro atoms. The van der Waals surface area contributed by atoms with E-state index in [2.05, 4.69) is 0 Å². The summed E-state index contributed by atoms with van der Waals surface area (Å²) in [5.41, 5.74) is -0.936. The maximum absolute atomic E-state index is 14.3. The second-order valence-corrected chi connectivity index (χ2v) is 5.46. The van der Waals surface area contributed by atoms with Crippen LogP contribution in [0.4, 0.5) is 17.6 Å². The lowest BCUT2D eigenvalue weighted by molar-refractivity contribution is 0.303. The van der Waals surface area contributed by atoms with Crippen LogP contribution in [0.15, 0.2) is 54.6 Å². The third kappa shape index (κ3) is 3.52. The highest BCUT2D eigenvalue weighted by Gasteiger charge is 2.18. The Morgan fingerprint density at radius 2 is 1.38 bits per heavy atom. The van der Waals surface area contributed by atoms with Gasteiger partial charge in [-0.15, -0.1) is 0 Å². The van der Waals surface area contributed by atoms with E-state index in [4.69, 9.17) is 10.00 Å². The van der Waals surface area contributed by atoms with Crippen LogP contribution in [0.5, 0.6) is 5.75 Å². The number of hydrogen-bond donors (Lipinski definition) is 0. The van der Waals surface area contributed by atoms with Crippen LogP contribution in [-0.4, -0.2) is 0 Å². The molecule has 6 heteroatoms. The molecule has 0 aliphatic carbocycles. The van der Waals surface area contributed by atoms with Crippen LogP contribution in [0.3, 0.4) is 0 Å². The molecule has 3 aromatic carbocycles. The fraction of sp³-hybridized carbons (Fsp3) is 0.0500. The molecule has 0 amide bonds. The standard InChI is InChI=1S/C20H11F4NO/c21-16-6-13(7-17(22)15(16)10-25)20-18(23)8-14(9-19(20)24)26-11-12-4-2-1-3-5-12/h1-9H,11H2. The van der Waals surface area contributed by atoms with Gasteiger partial charge in [-0.1, -0.05) is 30.3 Å². The maximum Gasteiger partial charge on any atom is 0.144 e. The Balaban J connectivity index is 1.92. The number of benzene rings is 3. The molecule has 130 valence electrons. The predicted octanol–water partition coefficient (Wildman–Crippen LogP) is 5.36. The van der Waals surface area contributed by atoms with E-state index >= 15 is 0 Å². The number of rotatable bonds is 4.